The Kier molecular flexibility index (Phi) is 5.32. The van der Waals surface area contributed by atoms with Gasteiger partial charge >= 0.3 is 0 Å². The second-order valence-corrected chi connectivity index (χ2v) is 5.99. The molecule has 0 saturated carbocycles. The molecule has 0 aliphatic carbocycles. The number of amides is 1. The molecule has 0 fully saturated rings. The summed E-state index contributed by atoms with van der Waals surface area (Å²) < 4.78 is 0. The second kappa shape index (κ2) is 7.22. The molecule has 0 radical (unpaired) electrons. The topological polar surface area (TPSA) is 55.1 Å². The SMILES string of the molecule is CC(N)CC(=O)NC(Cc1ccccc1)c1cccs1. The van der Waals surface area contributed by atoms with E-state index in [1.165, 1.54) is 10.4 Å². The van der Waals surface area contributed by atoms with Gasteiger partial charge in [-0.1, -0.05) is 36.4 Å². The Bertz CT molecular complexity index is 523. The molecule has 0 bridgehead atoms. The lowest BCUT2D eigenvalue weighted by atomic mass is 10.0. The highest BCUT2D eigenvalue weighted by Gasteiger charge is 2.16. The molecule has 0 aliphatic heterocycles. The molecular formula is C16H20N2OS. The van der Waals surface area contributed by atoms with Gasteiger partial charge in [-0.2, -0.15) is 0 Å². The fraction of sp³-hybridized carbons (Fsp3) is 0.312. The third-order valence-corrected chi connectivity index (χ3v) is 4.00. The predicted octanol–water partition coefficient (Wildman–Crippen LogP) is 2.89. The van der Waals surface area contributed by atoms with E-state index in [1.54, 1.807) is 11.3 Å². The highest BCUT2D eigenvalue weighted by Crippen LogP contribution is 2.23. The van der Waals surface area contributed by atoms with E-state index >= 15 is 0 Å². The van der Waals surface area contributed by atoms with E-state index in [4.69, 9.17) is 5.73 Å². The maximum absolute atomic E-state index is 12.0. The highest BCUT2D eigenvalue weighted by molar-refractivity contribution is 7.10. The number of hydrogen-bond donors (Lipinski definition) is 2. The molecule has 3 nitrogen and oxygen atoms in total. The summed E-state index contributed by atoms with van der Waals surface area (Å²) in [6, 6.07) is 14.2. The Morgan fingerprint density at radius 2 is 2.00 bits per heavy atom. The van der Waals surface area contributed by atoms with Crippen molar-refractivity contribution in [3.05, 3.63) is 58.3 Å². The van der Waals surface area contributed by atoms with Gasteiger partial charge in [-0.3, -0.25) is 4.79 Å². The van der Waals surface area contributed by atoms with Crippen LogP contribution in [0.1, 0.15) is 29.8 Å². The third kappa shape index (κ3) is 4.47. The van der Waals surface area contributed by atoms with E-state index in [0.29, 0.717) is 6.42 Å². The molecule has 0 spiro atoms. The number of rotatable bonds is 6. The van der Waals surface area contributed by atoms with Gasteiger partial charge in [-0.25, -0.2) is 0 Å². The van der Waals surface area contributed by atoms with Crippen molar-refractivity contribution in [2.75, 3.05) is 0 Å². The zero-order valence-corrected chi connectivity index (χ0v) is 12.4. The van der Waals surface area contributed by atoms with Gasteiger partial charge in [0.25, 0.3) is 0 Å². The first-order chi connectivity index (χ1) is 9.65. The van der Waals surface area contributed by atoms with Gasteiger partial charge in [0.2, 0.25) is 5.91 Å². The van der Waals surface area contributed by atoms with Crippen molar-refractivity contribution < 1.29 is 4.79 Å². The fourth-order valence-corrected chi connectivity index (χ4v) is 2.89. The molecule has 2 aromatic rings. The number of hydrogen-bond acceptors (Lipinski definition) is 3. The third-order valence-electron chi connectivity index (χ3n) is 3.01. The summed E-state index contributed by atoms with van der Waals surface area (Å²) in [6.07, 6.45) is 1.16. The first kappa shape index (κ1) is 14.8. The van der Waals surface area contributed by atoms with Crippen molar-refractivity contribution >= 4 is 17.2 Å². The summed E-state index contributed by atoms with van der Waals surface area (Å²) in [6.45, 7) is 1.84. The molecular weight excluding hydrogens is 268 g/mol. The van der Waals surface area contributed by atoms with Gasteiger partial charge in [0.15, 0.2) is 0 Å². The Labute approximate surface area is 123 Å². The minimum Gasteiger partial charge on any atom is -0.348 e. The maximum atomic E-state index is 12.0. The standard InChI is InChI=1S/C16H20N2OS/c1-12(17)10-16(19)18-14(15-8-5-9-20-15)11-13-6-3-2-4-7-13/h2-9,12,14H,10-11,17H2,1H3,(H,18,19). The highest BCUT2D eigenvalue weighted by atomic mass is 32.1. The summed E-state index contributed by atoms with van der Waals surface area (Å²) in [5, 5.41) is 5.12. The second-order valence-electron chi connectivity index (χ2n) is 5.01. The number of thiophene rings is 1. The summed E-state index contributed by atoms with van der Waals surface area (Å²) in [4.78, 5) is 13.1. The molecule has 1 heterocycles. The van der Waals surface area contributed by atoms with E-state index < -0.39 is 0 Å². The van der Waals surface area contributed by atoms with Crippen LogP contribution in [0.2, 0.25) is 0 Å². The summed E-state index contributed by atoms with van der Waals surface area (Å²) in [5.74, 6) is 0.00864. The van der Waals surface area contributed by atoms with Crippen LogP contribution in [0, 0.1) is 0 Å². The number of carbonyl (C=O) groups excluding carboxylic acids is 1. The van der Waals surface area contributed by atoms with Crippen molar-refractivity contribution in [2.24, 2.45) is 5.73 Å². The number of carbonyl (C=O) groups is 1. The van der Waals surface area contributed by atoms with Crippen LogP contribution < -0.4 is 11.1 Å². The molecule has 1 amide bonds. The van der Waals surface area contributed by atoms with E-state index in [-0.39, 0.29) is 18.0 Å². The van der Waals surface area contributed by atoms with Gasteiger partial charge < -0.3 is 11.1 Å². The fourth-order valence-electron chi connectivity index (χ4n) is 2.11. The van der Waals surface area contributed by atoms with Gasteiger partial charge in [0.1, 0.15) is 0 Å². The lowest BCUT2D eigenvalue weighted by Crippen LogP contribution is -2.33. The number of nitrogens with two attached hydrogens (primary N) is 1. The monoisotopic (exact) mass is 288 g/mol. The first-order valence-corrected chi connectivity index (χ1v) is 7.65. The van der Waals surface area contributed by atoms with E-state index in [2.05, 4.69) is 23.5 Å². The van der Waals surface area contributed by atoms with Crippen molar-refractivity contribution in [3.63, 3.8) is 0 Å². The Morgan fingerprint density at radius 1 is 1.25 bits per heavy atom. The van der Waals surface area contributed by atoms with Gasteiger partial charge in [0.05, 0.1) is 6.04 Å². The Balaban J connectivity index is 2.08. The summed E-state index contributed by atoms with van der Waals surface area (Å²) in [5.41, 5.74) is 6.90. The average molecular weight is 288 g/mol. The van der Waals surface area contributed by atoms with Crippen molar-refractivity contribution in [2.45, 2.75) is 31.8 Å². The number of nitrogens with one attached hydrogen (secondary N) is 1. The molecule has 1 aromatic heterocycles. The van der Waals surface area contributed by atoms with Gasteiger partial charge in [-0.15, -0.1) is 11.3 Å². The minimum absolute atomic E-state index is 0.00864. The molecule has 0 saturated heterocycles. The lowest BCUT2D eigenvalue weighted by molar-refractivity contribution is -0.122. The van der Waals surface area contributed by atoms with Crippen molar-refractivity contribution in [1.82, 2.24) is 5.32 Å². The van der Waals surface area contributed by atoms with Crippen molar-refractivity contribution in [3.8, 4) is 0 Å². The number of benzene rings is 1. The zero-order chi connectivity index (χ0) is 14.4. The van der Waals surface area contributed by atoms with Gasteiger partial charge in [-0.05, 0) is 30.4 Å². The van der Waals surface area contributed by atoms with Gasteiger partial charge in [0, 0.05) is 17.3 Å². The molecule has 0 aliphatic rings. The molecule has 2 rings (SSSR count). The Morgan fingerprint density at radius 3 is 2.60 bits per heavy atom. The largest absolute Gasteiger partial charge is 0.348 e. The first-order valence-electron chi connectivity index (χ1n) is 6.77. The van der Waals surface area contributed by atoms with Crippen LogP contribution in [0.5, 0.6) is 0 Å². The zero-order valence-electron chi connectivity index (χ0n) is 11.6. The molecule has 2 atom stereocenters. The smallest absolute Gasteiger partial charge is 0.222 e. The molecule has 106 valence electrons. The molecule has 2 unspecified atom stereocenters. The van der Waals surface area contributed by atoms with Crippen LogP contribution in [0.25, 0.3) is 0 Å². The summed E-state index contributed by atoms with van der Waals surface area (Å²) >= 11 is 1.67. The maximum Gasteiger partial charge on any atom is 0.222 e. The molecule has 20 heavy (non-hydrogen) atoms. The van der Waals surface area contributed by atoms with Crippen LogP contribution >= 0.6 is 11.3 Å². The molecule has 4 heteroatoms. The molecule has 1 aromatic carbocycles. The van der Waals surface area contributed by atoms with Crippen LogP contribution in [0.15, 0.2) is 47.8 Å². The van der Waals surface area contributed by atoms with Crippen LogP contribution in [0.4, 0.5) is 0 Å². The van der Waals surface area contributed by atoms with Crippen LogP contribution in [0.3, 0.4) is 0 Å². The van der Waals surface area contributed by atoms with Crippen LogP contribution in [-0.2, 0) is 11.2 Å². The minimum atomic E-state index is -0.115. The lowest BCUT2D eigenvalue weighted by Gasteiger charge is -2.18. The normalized spacial score (nSPS) is 13.7. The Hall–Kier alpha value is -1.65. The molecule has 3 N–H and O–H groups in total. The quantitative estimate of drug-likeness (QED) is 0.858. The predicted molar refractivity (Wildman–Crippen MR) is 83.6 cm³/mol. The van der Waals surface area contributed by atoms with Crippen LogP contribution in [-0.4, -0.2) is 11.9 Å². The summed E-state index contributed by atoms with van der Waals surface area (Å²) in [7, 11) is 0. The van der Waals surface area contributed by atoms with E-state index in [1.807, 2.05) is 36.6 Å². The van der Waals surface area contributed by atoms with Crippen molar-refractivity contribution in [1.29, 1.82) is 0 Å². The van der Waals surface area contributed by atoms with E-state index in [9.17, 15) is 4.79 Å². The average Bonchev–Trinajstić information content (AvgIpc) is 2.92. The van der Waals surface area contributed by atoms with E-state index in [0.717, 1.165) is 6.42 Å².